The van der Waals surface area contributed by atoms with Gasteiger partial charge < -0.3 is 14.6 Å². The number of carboxylic acid groups (broad SMARTS) is 1. The van der Waals surface area contributed by atoms with Crippen molar-refractivity contribution in [1.82, 2.24) is 0 Å². The van der Waals surface area contributed by atoms with Gasteiger partial charge in [0.05, 0.1) is 6.42 Å². The average molecular weight is 216 g/mol. The van der Waals surface area contributed by atoms with Crippen LogP contribution in [0.4, 0.5) is 0 Å². The third-order valence-corrected chi connectivity index (χ3v) is 2.99. The lowest BCUT2D eigenvalue weighted by molar-refractivity contribution is -0.229. The van der Waals surface area contributed by atoms with E-state index < -0.39 is 5.97 Å². The number of carbonyl (C=O) groups is 1. The van der Waals surface area contributed by atoms with Crippen molar-refractivity contribution in [1.29, 1.82) is 0 Å². The van der Waals surface area contributed by atoms with E-state index in [1.54, 1.807) is 0 Å². The number of ether oxygens (including phenoxy) is 2. The summed E-state index contributed by atoms with van der Waals surface area (Å²) in [6.07, 6.45) is 2.66. The molecule has 0 aromatic heterocycles. The Morgan fingerprint density at radius 2 is 1.87 bits per heavy atom. The highest BCUT2D eigenvalue weighted by molar-refractivity contribution is 5.68. The molecule has 88 valence electrons. The molecule has 0 saturated heterocycles. The van der Waals surface area contributed by atoms with Crippen molar-refractivity contribution in [3.05, 3.63) is 0 Å². The van der Waals surface area contributed by atoms with E-state index >= 15 is 0 Å². The molecule has 1 saturated carbocycles. The number of rotatable bonds is 7. The summed E-state index contributed by atoms with van der Waals surface area (Å²) in [5.41, 5.74) is -0.280. The highest BCUT2D eigenvalue weighted by Crippen LogP contribution is 2.48. The topological polar surface area (TPSA) is 55.8 Å². The first-order chi connectivity index (χ1) is 7.14. The van der Waals surface area contributed by atoms with E-state index in [9.17, 15) is 4.79 Å². The summed E-state index contributed by atoms with van der Waals surface area (Å²) in [6, 6.07) is 0. The Hall–Kier alpha value is -0.610. The third-order valence-electron chi connectivity index (χ3n) is 2.99. The number of hydrogen-bond acceptors (Lipinski definition) is 3. The maximum absolute atomic E-state index is 10.8. The molecule has 1 aliphatic rings. The van der Waals surface area contributed by atoms with Crippen LogP contribution >= 0.6 is 0 Å². The fourth-order valence-electron chi connectivity index (χ4n) is 2.13. The van der Waals surface area contributed by atoms with E-state index in [0.717, 1.165) is 19.3 Å². The lowest BCUT2D eigenvalue weighted by Crippen LogP contribution is -2.46. The third kappa shape index (κ3) is 2.92. The van der Waals surface area contributed by atoms with E-state index in [-0.39, 0.29) is 18.1 Å². The van der Waals surface area contributed by atoms with Crippen molar-refractivity contribution in [3.8, 4) is 0 Å². The van der Waals surface area contributed by atoms with Crippen molar-refractivity contribution in [2.45, 2.75) is 45.8 Å². The zero-order chi connectivity index (χ0) is 11.3. The summed E-state index contributed by atoms with van der Waals surface area (Å²) in [5.74, 6) is -0.765. The molecule has 0 aromatic carbocycles. The van der Waals surface area contributed by atoms with Crippen LogP contribution in [-0.4, -0.2) is 30.6 Å². The second-order valence-electron chi connectivity index (χ2n) is 4.03. The molecule has 0 atom stereocenters. The minimum Gasteiger partial charge on any atom is -0.481 e. The molecule has 1 rings (SSSR count). The van der Waals surface area contributed by atoms with Gasteiger partial charge in [-0.3, -0.25) is 4.79 Å². The van der Waals surface area contributed by atoms with E-state index in [0.29, 0.717) is 13.2 Å². The Balaban J connectivity index is 2.62. The van der Waals surface area contributed by atoms with Crippen LogP contribution < -0.4 is 0 Å². The number of hydrogen-bond donors (Lipinski definition) is 1. The first kappa shape index (κ1) is 12.5. The molecule has 0 aromatic rings. The van der Waals surface area contributed by atoms with Crippen molar-refractivity contribution >= 4 is 5.97 Å². The van der Waals surface area contributed by atoms with Crippen molar-refractivity contribution in [2.75, 3.05) is 13.2 Å². The molecule has 1 fully saturated rings. The smallest absolute Gasteiger partial charge is 0.304 e. The first-order valence-electron chi connectivity index (χ1n) is 5.59. The van der Waals surface area contributed by atoms with Crippen LogP contribution in [0.1, 0.15) is 39.5 Å². The summed E-state index contributed by atoms with van der Waals surface area (Å²) in [7, 11) is 0. The first-order valence-corrected chi connectivity index (χ1v) is 5.59. The molecular formula is C11H20O4. The minimum absolute atomic E-state index is 0.150. The van der Waals surface area contributed by atoms with Crippen molar-refractivity contribution in [3.63, 3.8) is 0 Å². The molecule has 0 bridgehead atoms. The van der Waals surface area contributed by atoms with Crippen LogP contribution in [0.25, 0.3) is 0 Å². The molecule has 15 heavy (non-hydrogen) atoms. The van der Waals surface area contributed by atoms with Crippen LogP contribution in [-0.2, 0) is 14.3 Å². The predicted molar refractivity (Wildman–Crippen MR) is 55.6 cm³/mol. The molecule has 0 heterocycles. The highest BCUT2D eigenvalue weighted by Gasteiger charge is 2.47. The van der Waals surface area contributed by atoms with Gasteiger partial charge in [0.2, 0.25) is 0 Å². The Kier molecular flexibility index (Phi) is 4.54. The molecular weight excluding hydrogens is 196 g/mol. The molecule has 0 aliphatic heterocycles. The summed E-state index contributed by atoms with van der Waals surface area (Å²) < 4.78 is 11.0. The Morgan fingerprint density at radius 1 is 1.33 bits per heavy atom. The monoisotopic (exact) mass is 216 g/mol. The van der Waals surface area contributed by atoms with Gasteiger partial charge >= 0.3 is 5.97 Å². The maximum atomic E-state index is 10.8. The zero-order valence-corrected chi connectivity index (χ0v) is 9.49. The summed E-state index contributed by atoms with van der Waals surface area (Å²) in [4.78, 5) is 10.8. The quantitative estimate of drug-likeness (QED) is 0.661. The molecule has 1 aliphatic carbocycles. The molecule has 0 radical (unpaired) electrons. The van der Waals surface area contributed by atoms with Gasteiger partial charge in [-0.05, 0) is 26.7 Å². The predicted octanol–water partition coefficient (Wildman–Crippen LogP) is 2.03. The Labute approximate surface area is 90.6 Å². The van der Waals surface area contributed by atoms with E-state index in [1.165, 1.54) is 0 Å². The summed E-state index contributed by atoms with van der Waals surface area (Å²) in [6.45, 7) is 4.93. The van der Waals surface area contributed by atoms with Crippen LogP contribution in [0.5, 0.6) is 0 Å². The Morgan fingerprint density at radius 3 is 2.13 bits per heavy atom. The van der Waals surface area contributed by atoms with Crippen LogP contribution in [0.2, 0.25) is 0 Å². The highest BCUT2D eigenvalue weighted by atomic mass is 16.7. The number of aliphatic carboxylic acids is 1. The fourth-order valence-corrected chi connectivity index (χ4v) is 2.13. The van der Waals surface area contributed by atoms with E-state index in [1.807, 2.05) is 13.8 Å². The molecule has 4 nitrogen and oxygen atoms in total. The molecule has 0 amide bonds. The summed E-state index contributed by atoms with van der Waals surface area (Å²) in [5, 5.41) is 8.89. The van der Waals surface area contributed by atoms with Gasteiger partial charge in [-0.15, -0.1) is 0 Å². The zero-order valence-electron chi connectivity index (χ0n) is 9.49. The van der Waals surface area contributed by atoms with Gasteiger partial charge in [0, 0.05) is 18.6 Å². The lowest BCUT2D eigenvalue weighted by Gasteiger charge is -2.45. The maximum Gasteiger partial charge on any atom is 0.304 e. The lowest BCUT2D eigenvalue weighted by atomic mass is 9.66. The SMILES string of the molecule is CCOC(OCC)C1(CC(=O)O)CCC1. The minimum atomic E-state index is -0.765. The Bertz CT molecular complexity index is 205. The second-order valence-corrected chi connectivity index (χ2v) is 4.03. The molecule has 1 N–H and O–H groups in total. The average Bonchev–Trinajstić information content (AvgIpc) is 2.11. The summed E-state index contributed by atoms with van der Waals surface area (Å²) >= 11 is 0. The van der Waals surface area contributed by atoms with Crippen LogP contribution in [0, 0.1) is 5.41 Å². The van der Waals surface area contributed by atoms with Gasteiger partial charge in [0.1, 0.15) is 0 Å². The number of carboxylic acids is 1. The van der Waals surface area contributed by atoms with E-state index in [4.69, 9.17) is 14.6 Å². The van der Waals surface area contributed by atoms with Gasteiger partial charge in [0.25, 0.3) is 0 Å². The second kappa shape index (κ2) is 5.47. The molecule has 0 unspecified atom stereocenters. The van der Waals surface area contributed by atoms with Gasteiger partial charge in [0.15, 0.2) is 6.29 Å². The van der Waals surface area contributed by atoms with E-state index in [2.05, 4.69) is 0 Å². The molecule has 4 heteroatoms. The van der Waals surface area contributed by atoms with Gasteiger partial charge in [-0.2, -0.15) is 0 Å². The van der Waals surface area contributed by atoms with Crippen LogP contribution in [0.15, 0.2) is 0 Å². The van der Waals surface area contributed by atoms with Crippen molar-refractivity contribution < 1.29 is 19.4 Å². The fraction of sp³-hybridized carbons (Fsp3) is 0.909. The molecule has 0 spiro atoms. The standard InChI is InChI=1S/C11H20O4/c1-3-14-10(15-4-2)11(6-5-7-11)8-9(12)13/h10H,3-8H2,1-2H3,(H,12,13). The van der Waals surface area contributed by atoms with Crippen molar-refractivity contribution in [2.24, 2.45) is 5.41 Å². The van der Waals surface area contributed by atoms with Gasteiger partial charge in [-0.1, -0.05) is 6.42 Å². The van der Waals surface area contributed by atoms with Gasteiger partial charge in [-0.25, -0.2) is 0 Å². The van der Waals surface area contributed by atoms with Crippen LogP contribution in [0.3, 0.4) is 0 Å². The largest absolute Gasteiger partial charge is 0.481 e. The normalized spacial score (nSPS) is 18.9.